The summed E-state index contributed by atoms with van der Waals surface area (Å²) in [6.45, 7) is -0.147. The molecule has 2 heterocycles. The van der Waals surface area contributed by atoms with Crippen LogP contribution < -0.4 is 4.72 Å². The van der Waals surface area contributed by atoms with Crippen LogP contribution in [0.15, 0.2) is 47.6 Å². The third kappa shape index (κ3) is 3.12. The molecule has 3 rings (SSSR count). The SMILES string of the molecule is O=C(O)c1ccccc1CNS(=O)(=O)c1c[nH]c2ncc(Cl)cc12. The summed E-state index contributed by atoms with van der Waals surface area (Å²) in [7, 11) is -3.87. The summed E-state index contributed by atoms with van der Waals surface area (Å²) < 4.78 is 27.4. The Labute approximate surface area is 142 Å². The van der Waals surface area contributed by atoms with Crippen molar-refractivity contribution in [2.45, 2.75) is 11.4 Å². The maximum absolute atomic E-state index is 12.5. The standard InChI is InChI=1S/C15H12ClN3O4S/c16-10-5-12-13(8-18-14(12)17-7-10)24(22,23)19-6-9-3-1-2-4-11(9)15(20)21/h1-5,7-8,19H,6H2,(H,17,18)(H,20,21). The van der Waals surface area contributed by atoms with Gasteiger partial charge >= 0.3 is 5.97 Å². The van der Waals surface area contributed by atoms with Crippen molar-refractivity contribution in [1.82, 2.24) is 14.7 Å². The van der Waals surface area contributed by atoms with Gasteiger partial charge < -0.3 is 10.1 Å². The second-order valence-electron chi connectivity index (χ2n) is 4.99. The van der Waals surface area contributed by atoms with Crippen LogP contribution in [0.3, 0.4) is 0 Å². The van der Waals surface area contributed by atoms with Gasteiger partial charge in [-0.2, -0.15) is 0 Å². The molecule has 0 aliphatic carbocycles. The number of carboxylic acids is 1. The number of aromatic carboxylic acids is 1. The molecule has 1 aromatic carbocycles. The molecule has 2 aromatic heterocycles. The van der Waals surface area contributed by atoms with Gasteiger partial charge in [-0.05, 0) is 17.7 Å². The van der Waals surface area contributed by atoms with E-state index in [-0.39, 0.29) is 17.0 Å². The van der Waals surface area contributed by atoms with Crippen molar-refractivity contribution in [3.8, 4) is 0 Å². The number of nitrogens with one attached hydrogen (secondary N) is 2. The van der Waals surface area contributed by atoms with Crippen molar-refractivity contribution in [1.29, 1.82) is 0 Å². The number of aromatic nitrogens is 2. The third-order valence-corrected chi connectivity index (χ3v) is 5.10. The maximum Gasteiger partial charge on any atom is 0.336 e. The van der Waals surface area contributed by atoms with Crippen LogP contribution >= 0.6 is 11.6 Å². The van der Waals surface area contributed by atoms with Crippen LogP contribution in [0.1, 0.15) is 15.9 Å². The molecule has 7 nitrogen and oxygen atoms in total. The molecule has 3 N–H and O–H groups in total. The summed E-state index contributed by atoms with van der Waals surface area (Å²) >= 11 is 5.87. The van der Waals surface area contributed by atoms with Gasteiger partial charge in [-0.25, -0.2) is 22.9 Å². The van der Waals surface area contributed by atoms with E-state index < -0.39 is 16.0 Å². The van der Waals surface area contributed by atoms with Gasteiger partial charge in [-0.3, -0.25) is 0 Å². The molecule has 9 heteroatoms. The zero-order valence-corrected chi connectivity index (χ0v) is 13.7. The molecule has 3 aromatic rings. The first kappa shape index (κ1) is 16.4. The quantitative estimate of drug-likeness (QED) is 0.642. The van der Waals surface area contributed by atoms with Crippen LogP contribution in [0.4, 0.5) is 0 Å². The smallest absolute Gasteiger partial charge is 0.336 e. The fraction of sp³-hybridized carbons (Fsp3) is 0.0667. The van der Waals surface area contributed by atoms with Gasteiger partial charge in [0.1, 0.15) is 10.5 Å². The largest absolute Gasteiger partial charge is 0.478 e. The minimum absolute atomic E-state index is 0.000283. The number of hydrogen-bond donors (Lipinski definition) is 3. The van der Waals surface area contributed by atoms with Gasteiger partial charge in [-0.1, -0.05) is 29.8 Å². The Morgan fingerprint density at radius 2 is 2.08 bits per heavy atom. The van der Waals surface area contributed by atoms with E-state index >= 15 is 0 Å². The highest BCUT2D eigenvalue weighted by atomic mass is 35.5. The predicted octanol–water partition coefficient (Wildman–Crippen LogP) is 2.39. The molecule has 124 valence electrons. The van der Waals surface area contributed by atoms with Gasteiger partial charge in [0.05, 0.1) is 10.6 Å². The van der Waals surface area contributed by atoms with E-state index in [4.69, 9.17) is 16.7 Å². The molecule has 0 atom stereocenters. The van der Waals surface area contributed by atoms with Crippen molar-refractivity contribution >= 4 is 38.6 Å². The zero-order chi connectivity index (χ0) is 17.3. The Kier molecular flexibility index (Phi) is 4.27. The van der Waals surface area contributed by atoms with Gasteiger partial charge in [0.15, 0.2) is 0 Å². The number of pyridine rings is 1. The van der Waals surface area contributed by atoms with Crippen LogP contribution in [0.25, 0.3) is 11.0 Å². The first-order valence-electron chi connectivity index (χ1n) is 6.82. The van der Waals surface area contributed by atoms with Gasteiger partial charge in [0, 0.05) is 24.3 Å². The van der Waals surface area contributed by atoms with E-state index in [1.807, 2.05) is 0 Å². The van der Waals surface area contributed by atoms with E-state index in [9.17, 15) is 13.2 Å². The maximum atomic E-state index is 12.5. The molecule has 24 heavy (non-hydrogen) atoms. The van der Waals surface area contributed by atoms with Crippen molar-refractivity contribution in [3.05, 3.63) is 58.9 Å². The number of carboxylic acid groups (broad SMARTS) is 1. The van der Waals surface area contributed by atoms with Crippen LogP contribution in [-0.2, 0) is 16.6 Å². The van der Waals surface area contributed by atoms with E-state index in [0.717, 1.165) is 0 Å². The summed E-state index contributed by atoms with van der Waals surface area (Å²) in [5.41, 5.74) is 0.805. The van der Waals surface area contributed by atoms with Crippen LogP contribution in [0.2, 0.25) is 5.02 Å². The number of hydrogen-bond acceptors (Lipinski definition) is 4. The monoisotopic (exact) mass is 365 g/mol. The topological polar surface area (TPSA) is 112 Å². The lowest BCUT2D eigenvalue weighted by atomic mass is 10.1. The predicted molar refractivity (Wildman–Crippen MR) is 88.5 cm³/mol. The first-order chi connectivity index (χ1) is 11.4. The molecule has 0 bridgehead atoms. The number of halogens is 1. The number of carbonyl (C=O) groups is 1. The lowest BCUT2D eigenvalue weighted by molar-refractivity contribution is 0.0695. The first-order valence-corrected chi connectivity index (χ1v) is 8.68. The molecule has 0 unspecified atom stereocenters. The lowest BCUT2D eigenvalue weighted by Gasteiger charge is -2.08. The molecule has 0 aliphatic heterocycles. The molecule has 0 fully saturated rings. The van der Waals surface area contributed by atoms with E-state index in [0.29, 0.717) is 21.6 Å². The molecule has 0 amide bonds. The Morgan fingerprint density at radius 1 is 1.33 bits per heavy atom. The third-order valence-electron chi connectivity index (χ3n) is 3.45. The minimum atomic E-state index is -3.87. The lowest BCUT2D eigenvalue weighted by Crippen LogP contribution is -2.24. The zero-order valence-electron chi connectivity index (χ0n) is 12.2. The fourth-order valence-corrected chi connectivity index (χ4v) is 3.63. The summed E-state index contributed by atoms with van der Waals surface area (Å²) in [6.07, 6.45) is 2.73. The average molecular weight is 366 g/mol. The summed E-state index contributed by atoms with van der Waals surface area (Å²) in [4.78, 5) is 18.0. The Balaban J connectivity index is 1.92. The van der Waals surface area contributed by atoms with Crippen LogP contribution in [-0.4, -0.2) is 29.5 Å². The molecular formula is C15H12ClN3O4S. The second-order valence-corrected chi connectivity index (χ2v) is 7.16. The van der Waals surface area contributed by atoms with Gasteiger partial charge in [-0.15, -0.1) is 0 Å². The Bertz CT molecular complexity index is 1030. The van der Waals surface area contributed by atoms with Crippen LogP contribution in [0.5, 0.6) is 0 Å². The number of sulfonamides is 1. The highest BCUT2D eigenvalue weighted by Crippen LogP contribution is 2.24. The summed E-state index contributed by atoms with van der Waals surface area (Å²) in [6, 6.07) is 7.70. The fourth-order valence-electron chi connectivity index (χ4n) is 2.31. The van der Waals surface area contributed by atoms with Crippen molar-refractivity contribution < 1.29 is 18.3 Å². The molecule has 0 spiro atoms. The van der Waals surface area contributed by atoms with E-state index in [2.05, 4.69) is 14.7 Å². The molecule has 0 saturated carbocycles. The Morgan fingerprint density at radius 3 is 2.83 bits per heavy atom. The van der Waals surface area contributed by atoms with Crippen molar-refractivity contribution in [2.75, 3.05) is 0 Å². The summed E-state index contributed by atoms with van der Waals surface area (Å²) in [5.74, 6) is -1.12. The minimum Gasteiger partial charge on any atom is -0.478 e. The summed E-state index contributed by atoms with van der Waals surface area (Å²) in [5, 5.41) is 9.82. The molecule has 0 radical (unpaired) electrons. The van der Waals surface area contributed by atoms with Crippen LogP contribution in [0, 0.1) is 0 Å². The molecule has 0 aliphatic rings. The highest BCUT2D eigenvalue weighted by molar-refractivity contribution is 7.89. The normalized spacial score (nSPS) is 11.7. The van der Waals surface area contributed by atoms with Crippen molar-refractivity contribution in [2.24, 2.45) is 0 Å². The van der Waals surface area contributed by atoms with Gasteiger partial charge in [0.25, 0.3) is 0 Å². The van der Waals surface area contributed by atoms with E-state index in [1.54, 1.807) is 18.2 Å². The van der Waals surface area contributed by atoms with Crippen molar-refractivity contribution in [3.63, 3.8) is 0 Å². The number of benzene rings is 1. The van der Waals surface area contributed by atoms with E-state index in [1.165, 1.54) is 24.5 Å². The number of H-pyrrole nitrogens is 1. The number of fused-ring (bicyclic) bond motifs is 1. The Hall–Kier alpha value is -2.42. The number of aromatic amines is 1. The molecular weight excluding hydrogens is 354 g/mol. The number of nitrogens with zero attached hydrogens (tertiary/aromatic N) is 1. The average Bonchev–Trinajstić information content (AvgIpc) is 2.97. The number of rotatable bonds is 5. The highest BCUT2D eigenvalue weighted by Gasteiger charge is 2.20. The second kappa shape index (κ2) is 6.23. The van der Waals surface area contributed by atoms with Gasteiger partial charge in [0.2, 0.25) is 10.0 Å². The molecule has 0 saturated heterocycles.